The summed E-state index contributed by atoms with van der Waals surface area (Å²) in [6, 6.07) is 26.3. The molecule has 0 fully saturated rings. The van der Waals surface area contributed by atoms with E-state index in [1.165, 1.54) is 17.4 Å². The molecule has 0 aliphatic heterocycles. The number of rotatable bonds is 7. The molecule has 5 aromatic rings. The van der Waals surface area contributed by atoms with E-state index in [0.29, 0.717) is 27.4 Å². The number of anilines is 1. The molecule has 1 N–H and O–H groups in total. The number of ether oxygens (including phenoxy) is 1. The summed E-state index contributed by atoms with van der Waals surface area (Å²) in [4.78, 5) is 26.0. The number of hydrogen-bond acceptors (Lipinski definition) is 7. The third-order valence-electron chi connectivity index (χ3n) is 5.80. The zero-order chi connectivity index (χ0) is 26.5. The molecule has 2 heterocycles. The van der Waals surface area contributed by atoms with E-state index in [1.54, 1.807) is 24.4 Å². The van der Waals surface area contributed by atoms with Crippen molar-refractivity contribution in [3.8, 4) is 28.5 Å². The van der Waals surface area contributed by atoms with Gasteiger partial charge in [-0.15, -0.1) is 11.3 Å². The van der Waals surface area contributed by atoms with Crippen LogP contribution in [0, 0.1) is 11.3 Å². The molecule has 0 radical (unpaired) electrons. The van der Waals surface area contributed by atoms with Crippen molar-refractivity contribution < 1.29 is 18.8 Å². The first-order valence-electron chi connectivity index (χ1n) is 11.8. The van der Waals surface area contributed by atoms with Gasteiger partial charge in [-0.05, 0) is 36.3 Å². The van der Waals surface area contributed by atoms with Gasteiger partial charge in [-0.3, -0.25) is 4.79 Å². The lowest BCUT2D eigenvalue weighted by Crippen LogP contribution is -2.16. The number of carbonyl (C=O) groups is 2. The first-order valence-corrected chi connectivity index (χ1v) is 12.7. The molecule has 7 nitrogen and oxygen atoms in total. The van der Waals surface area contributed by atoms with Gasteiger partial charge in [-0.2, -0.15) is 5.26 Å². The van der Waals surface area contributed by atoms with Crippen LogP contribution in [0.5, 0.6) is 0 Å². The van der Waals surface area contributed by atoms with Gasteiger partial charge in [-0.1, -0.05) is 71.9 Å². The minimum absolute atomic E-state index is 0.119. The third kappa shape index (κ3) is 4.96. The number of fused-ring (bicyclic) bond motifs is 1. The average molecular weight is 520 g/mol. The lowest BCUT2D eigenvalue weighted by molar-refractivity contribution is -0.112. The zero-order valence-corrected chi connectivity index (χ0v) is 21.1. The van der Waals surface area contributed by atoms with E-state index >= 15 is 0 Å². The second kappa shape index (κ2) is 10.9. The van der Waals surface area contributed by atoms with Gasteiger partial charge >= 0.3 is 5.97 Å². The normalized spacial score (nSPS) is 11.2. The summed E-state index contributed by atoms with van der Waals surface area (Å²) < 4.78 is 10.8. The van der Waals surface area contributed by atoms with Gasteiger partial charge in [0.25, 0.3) is 5.91 Å². The molecule has 3 aromatic carbocycles. The fourth-order valence-electron chi connectivity index (χ4n) is 4.02. The Bertz CT molecular complexity index is 1700. The van der Waals surface area contributed by atoms with Crippen LogP contribution in [0.25, 0.3) is 39.4 Å². The number of nitriles is 1. The molecular weight excluding hydrogens is 498 g/mol. The van der Waals surface area contributed by atoms with Crippen molar-refractivity contribution in [2.75, 3.05) is 11.9 Å². The van der Waals surface area contributed by atoms with Crippen molar-refractivity contribution in [2.45, 2.75) is 6.92 Å². The maximum Gasteiger partial charge on any atom is 0.341 e. The van der Waals surface area contributed by atoms with E-state index < -0.39 is 11.9 Å². The third-order valence-corrected chi connectivity index (χ3v) is 6.69. The minimum atomic E-state index is -0.631. The molecule has 0 aliphatic carbocycles. The molecule has 2 aromatic heterocycles. The lowest BCUT2D eigenvalue weighted by Gasteiger charge is -2.08. The molecule has 186 valence electrons. The summed E-state index contributed by atoms with van der Waals surface area (Å²) in [5.41, 5.74) is 3.77. The van der Waals surface area contributed by atoms with Crippen LogP contribution >= 0.6 is 11.3 Å². The highest BCUT2D eigenvalue weighted by molar-refractivity contribution is 7.15. The number of benzene rings is 3. The van der Waals surface area contributed by atoms with E-state index in [4.69, 9.17) is 9.26 Å². The molecule has 0 unspecified atom stereocenters. The van der Waals surface area contributed by atoms with E-state index in [0.717, 1.165) is 16.5 Å². The van der Waals surface area contributed by atoms with Gasteiger partial charge in [0.05, 0.1) is 12.0 Å². The summed E-state index contributed by atoms with van der Waals surface area (Å²) in [6.45, 7) is 1.91. The van der Waals surface area contributed by atoms with Crippen LogP contribution in [0.4, 0.5) is 5.00 Å². The Morgan fingerprint density at radius 3 is 2.45 bits per heavy atom. The SMILES string of the molecule is CCOC(=O)c1c(-c2ccccc2)csc1NC(=O)C(C#N)=Cc1ccc2noc(-c3ccccc3)c2c1. The molecule has 38 heavy (non-hydrogen) atoms. The van der Waals surface area contributed by atoms with Crippen LogP contribution in [-0.2, 0) is 9.53 Å². The summed E-state index contributed by atoms with van der Waals surface area (Å²) in [7, 11) is 0. The summed E-state index contributed by atoms with van der Waals surface area (Å²) in [6.07, 6.45) is 1.49. The number of amides is 1. The topological polar surface area (TPSA) is 105 Å². The fourth-order valence-corrected chi connectivity index (χ4v) is 4.97. The van der Waals surface area contributed by atoms with Crippen molar-refractivity contribution in [3.63, 3.8) is 0 Å². The first-order chi connectivity index (χ1) is 18.6. The van der Waals surface area contributed by atoms with Gasteiger partial charge in [0.15, 0.2) is 5.76 Å². The van der Waals surface area contributed by atoms with Crippen molar-refractivity contribution >= 4 is 45.2 Å². The summed E-state index contributed by atoms with van der Waals surface area (Å²) in [5, 5.41) is 19.5. The fraction of sp³-hybridized carbons (Fsp3) is 0.0667. The molecule has 0 bridgehead atoms. The quantitative estimate of drug-likeness (QED) is 0.142. The smallest absolute Gasteiger partial charge is 0.341 e. The van der Waals surface area contributed by atoms with Crippen molar-refractivity contribution in [1.29, 1.82) is 5.26 Å². The molecule has 1 amide bonds. The highest BCUT2D eigenvalue weighted by atomic mass is 32.1. The molecule has 0 saturated carbocycles. The monoisotopic (exact) mass is 519 g/mol. The number of aromatic nitrogens is 1. The van der Waals surface area contributed by atoms with Crippen LogP contribution in [0.3, 0.4) is 0 Å². The Morgan fingerprint density at radius 2 is 1.76 bits per heavy atom. The number of nitrogens with zero attached hydrogens (tertiary/aromatic N) is 2. The number of nitrogens with one attached hydrogen (secondary N) is 1. The van der Waals surface area contributed by atoms with E-state index in [9.17, 15) is 14.9 Å². The Labute approximate surface area is 222 Å². The maximum absolute atomic E-state index is 13.2. The number of carbonyl (C=O) groups excluding carboxylic acids is 2. The van der Waals surface area contributed by atoms with Crippen LogP contribution in [-0.4, -0.2) is 23.6 Å². The minimum Gasteiger partial charge on any atom is -0.462 e. The van der Waals surface area contributed by atoms with Crippen LogP contribution in [0.2, 0.25) is 0 Å². The Morgan fingerprint density at radius 1 is 1.05 bits per heavy atom. The van der Waals surface area contributed by atoms with E-state index in [-0.39, 0.29) is 17.7 Å². The molecular formula is C30H21N3O4S. The first kappa shape index (κ1) is 24.7. The highest BCUT2D eigenvalue weighted by Crippen LogP contribution is 2.36. The van der Waals surface area contributed by atoms with Crippen LogP contribution in [0.15, 0.2) is 94.3 Å². The summed E-state index contributed by atoms with van der Waals surface area (Å²) >= 11 is 1.20. The Balaban J connectivity index is 1.47. The van der Waals surface area contributed by atoms with Crippen LogP contribution < -0.4 is 5.32 Å². The predicted octanol–water partition coefficient (Wildman–Crippen LogP) is 6.95. The molecule has 5 rings (SSSR count). The summed E-state index contributed by atoms with van der Waals surface area (Å²) in [5.74, 6) is -0.574. The Hall–Kier alpha value is -5.00. The Kier molecular flexibility index (Phi) is 7.11. The number of thiophene rings is 1. The number of hydrogen-bond donors (Lipinski definition) is 1. The van der Waals surface area contributed by atoms with Crippen molar-refractivity contribution in [1.82, 2.24) is 5.16 Å². The second-order valence-electron chi connectivity index (χ2n) is 8.22. The van der Waals surface area contributed by atoms with E-state index in [2.05, 4.69) is 10.5 Å². The average Bonchev–Trinajstić information content (AvgIpc) is 3.57. The van der Waals surface area contributed by atoms with E-state index in [1.807, 2.05) is 72.8 Å². The van der Waals surface area contributed by atoms with Crippen molar-refractivity contribution in [3.05, 3.63) is 101 Å². The second-order valence-corrected chi connectivity index (χ2v) is 9.10. The van der Waals surface area contributed by atoms with Gasteiger partial charge in [0, 0.05) is 16.5 Å². The maximum atomic E-state index is 13.2. The van der Waals surface area contributed by atoms with Crippen molar-refractivity contribution in [2.24, 2.45) is 0 Å². The molecule has 0 spiro atoms. The lowest BCUT2D eigenvalue weighted by atomic mass is 10.0. The molecule has 0 atom stereocenters. The number of esters is 1. The van der Waals surface area contributed by atoms with Gasteiger partial charge in [-0.25, -0.2) is 4.79 Å². The standard InChI is InChI=1S/C30H21N3O4S/c1-2-36-30(35)26-24(20-9-5-3-6-10-20)18-38-29(26)32-28(34)22(17-31)15-19-13-14-25-23(16-19)27(37-33-25)21-11-7-4-8-12-21/h3-16,18H,2H2,1H3,(H,32,34). The van der Waals surface area contributed by atoms with Gasteiger partial charge < -0.3 is 14.6 Å². The molecule has 8 heteroatoms. The largest absolute Gasteiger partial charge is 0.462 e. The van der Waals surface area contributed by atoms with Crippen LogP contribution in [0.1, 0.15) is 22.8 Å². The molecule has 0 aliphatic rings. The zero-order valence-electron chi connectivity index (χ0n) is 20.3. The highest BCUT2D eigenvalue weighted by Gasteiger charge is 2.24. The van der Waals surface area contributed by atoms with Gasteiger partial charge in [0.1, 0.15) is 27.7 Å². The predicted molar refractivity (Wildman–Crippen MR) is 147 cm³/mol. The molecule has 0 saturated heterocycles. The van der Waals surface area contributed by atoms with Gasteiger partial charge in [0.2, 0.25) is 0 Å².